The van der Waals surface area contributed by atoms with Crippen LogP contribution in [0.25, 0.3) is 0 Å². The van der Waals surface area contributed by atoms with Crippen molar-refractivity contribution in [3.05, 3.63) is 0 Å². The summed E-state index contributed by atoms with van der Waals surface area (Å²) in [5, 5.41) is 7.38. The van der Waals surface area contributed by atoms with Crippen molar-refractivity contribution in [2.75, 3.05) is 13.1 Å². The molecule has 64 valence electrons. The van der Waals surface area contributed by atoms with Crippen molar-refractivity contribution in [1.82, 2.24) is 4.90 Å². The summed E-state index contributed by atoms with van der Waals surface area (Å²) in [6.45, 7) is 6.22. The third-order valence-electron chi connectivity index (χ3n) is 2.38. The molecule has 2 nitrogen and oxygen atoms in total. The average molecular weight is 154 g/mol. The first-order valence-electron chi connectivity index (χ1n) is 4.48. The second-order valence-corrected chi connectivity index (χ2v) is 3.60. The Kier molecular flexibility index (Phi) is 3.06. The Labute approximate surface area is 69.1 Å². The van der Waals surface area contributed by atoms with E-state index in [1.807, 2.05) is 6.92 Å². The molecule has 1 N–H and O–H groups in total. The predicted octanol–water partition coefficient (Wildman–Crippen LogP) is 1.90. The molecule has 1 aliphatic heterocycles. The maximum absolute atomic E-state index is 7.38. The van der Waals surface area contributed by atoms with Crippen LogP contribution in [0.1, 0.15) is 33.1 Å². The normalized spacial score (nSPS) is 26.9. The summed E-state index contributed by atoms with van der Waals surface area (Å²) < 4.78 is 0. The van der Waals surface area contributed by atoms with E-state index in [0.29, 0.717) is 6.04 Å². The van der Waals surface area contributed by atoms with Gasteiger partial charge >= 0.3 is 0 Å². The number of hydrogen-bond acceptors (Lipinski definition) is 2. The van der Waals surface area contributed by atoms with E-state index in [1.54, 1.807) is 0 Å². The molecule has 1 saturated heterocycles. The van der Waals surface area contributed by atoms with Gasteiger partial charge in [-0.15, -0.1) is 0 Å². The molecule has 2 heteroatoms. The molecule has 0 amide bonds. The SMILES string of the molecule is CC(=N)CN1CCCCC1C. The maximum atomic E-state index is 7.38. The van der Waals surface area contributed by atoms with Crippen LogP contribution in [0.5, 0.6) is 0 Å². The molecule has 0 aromatic carbocycles. The number of nitrogens with zero attached hydrogens (tertiary/aromatic N) is 1. The molecule has 0 aromatic heterocycles. The number of hydrogen-bond donors (Lipinski definition) is 1. The van der Waals surface area contributed by atoms with Crippen LogP contribution in [-0.2, 0) is 0 Å². The van der Waals surface area contributed by atoms with Gasteiger partial charge in [0.05, 0.1) is 0 Å². The summed E-state index contributed by atoms with van der Waals surface area (Å²) in [5.41, 5.74) is 0.791. The Morgan fingerprint density at radius 2 is 2.27 bits per heavy atom. The largest absolute Gasteiger partial charge is 0.309 e. The molecule has 1 heterocycles. The van der Waals surface area contributed by atoms with Gasteiger partial charge in [-0.25, -0.2) is 0 Å². The molecule has 1 atom stereocenters. The van der Waals surface area contributed by atoms with E-state index in [1.165, 1.54) is 25.8 Å². The monoisotopic (exact) mass is 154 g/mol. The minimum absolute atomic E-state index is 0.698. The van der Waals surface area contributed by atoms with Crippen molar-refractivity contribution in [3.63, 3.8) is 0 Å². The van der Waals surface area contributed by atoms with Crippen molar-refractivity contribution in [1.29, 1.82) is 5.41 Å². The third kappa shape index (κ3) is 2.62. The summed E-state index contributed by atoms with van der Waals surface area (Å²) in [7, 11) is 0. The average Bonchev–Trinajstić information content (AvgIpc) is 1.93. The fourth-order valence-corrected chi connectivity index (χ4v) is 1.70. The Balaban J connectivity index is 2.35. The van der Waals surface area contributed by atoms with Crippen LogP contribution in [0.15, 0.2) is 0 Å². The first-order valence-corrected chi connectivity index (χ1v) is 4.48. The minimum atomic E-state index is 0.698. The van der Waals surface area contributed by atoms with Gasteiger partial charge < -0.3 is 5.41 Å². The molecule has 1 rings (SSSR count). The van der Waals surface area contributed by atoms with Crippen LogP contribution in [0.4, 0.5) is 0 Å². The first-order chi connectivity index (χ1) is 5.20. The highest BCUT2D eigenvalue weighted by Gasteiger charge is 2.17. The Bertz CT molecular complexity index is 142. The zero-order valence-electron chi connectivity index (χ0n) is 7.56. The maximum Gasteiger partial charge on any atom is 0.0360 e. The van der Waals surface area contributed by atoms with E-state index in [0.717, 1.165) is 12.3 Å². The lowest BCUT2D eigenvalue weighted by Crippen LogP contribution is -2.40. The van der Waals surface area contributed by atoms with Gasteiger partial charge in [0, 0.05) is 18.3 Å². The Morgan fingerprint density at radius 3 is 2.82 bits per heavy atom. The second kappa shape index (κ2) is 3.86. The van der Waals surface area contributed by atoms with Gasteiger partial charge in [-0.1, -0.05) is 6.42 Å². The van der Waals surface area contributed by atoms with Gasteiger partial charge in [0.25, 0.3) is 0 Å². The van der Waals surface area contributed by atoms with E-state index in [2.05, 4.69) is 11.8 Å². The lowest BCUT2D eigenvalue weighted by atomic mass is 10.0. The van der Waals surface area contributed by atoms with Crippen molar-refractivity contribution < 1.29 is 0 Å². The van der Waals surface area contributed by atoms with Crippen LogP contribution in [0, 0.1) is 5.41 Å². The van der Waals surface area contributed by atoms with E-state index >= 15 is 0 Å². The summed E-state index contributed by atoms with van der Waals surface area (Å²) in [4.78, 5) is 2.41. The van der Waals surface area contributed by atoms with E-state index in [-0.39, 0.29) is 0 Å². The van der Waals surface area contributed by atoms with Crippen molar-refractivity contribution in [3.8, 4) is 0 Å². The van der Waals surface area contributed by atoms with Crippen LogP contribution >= 0.6 is 0 Å². The molecule has 0 aliphatic carbocycles. The smallest absolute Gasteiger partial charge is 0.0360 e. The summed E-state index contributed by atoms with van der Waals surface area (Å²) in [5.74, 6) is 0. The first kappa shape index (κ1) is 8.72. The number of likely N-dealkylation sites (tertiary alicyclic amines) is 1. The topological polar surface area (TPSA) is 27.1 Å². The van der Waals surface area contributed by atoms with Crippen molar-refractivity contribution in [2.24, 2.45) is 0 Å². The van der Waals surface area contributed by atoms with Gasteiger partial charge in [0.2, 0.25) is 0 Å². The molecule has 11 heavy (non-hydrogen) atoms. The number of piperidine rings is 1. The van der Waals surface area contributed by atoms with Gasteiger partial charge in [-0.05, 0) is 33.2 Å². The van der Waals surface area contributed by atoms with Crippen LogP contribution in [-0.4, -0.2) is 29.7 Å². The highest BCUT2D eigenvalue weighted by molar-refractivity contribution is 5.80. The highest BCUT2D eigenvalue weighted by Crippen LogP contribution is 2.15. The van der Waals surface area contributed by atoms with E-state index < -0.39 is 0 Å². The lowest BCUT2D eigenvalue weighted by molar-refractivity contribution is 0.184. The number of nitrogens with one attached hydrogen (secondary N) is 1. The summed E-state index contributed by atoms with van der Waals surface area (Å²) >= 11 is 0. The molecule has 1 unspecified atom stereocenters. The molecular formula is C9H18N2. The molecule has 0 spiro atoms. The Hall–Kier alpha value is -0.370. The highest BCUT2D eigenvalue weighted by atomic mass is 15.2. The van der Waals surface area contributed by atoms with E-state index in [4.69, 9.17) is 5.41 Å². The van der Waals surface area contributed by atoms with Crippen molar-refractivity contribution in [2.45, 2.75) is 39.2 Å². The predicted molar refractivity (Wildman–Crippen MR) is 48.3 cm³/mol. The standard InChI is InChI=1S/C9H18N2/c1-8(10)7-11-6-4-3-5-9(11)2/h9-10H,3-7H2,1-2H3. The number of rotatable bonds is 2. The fourth-order valence-electron chi connectivity index (χ4n) is 1.70. The zero-order chi connectivity index (χ0) is 8.27. The molecule has 0 bridgehead atoms. The van der Waals surface area contributed by atoms with Gasteiger partial charge in [0.15, 0.2) is 0 Å². The second-order valence-electron chi connectivity index (χ2n) is 3.60. The molecule has 0 radical (unpaired) electrons. The van der Waals surface area contributed by atoms with Gasteiger partial charge in [-0.3, -0.25) is 4.90 Å². The third-order valence-corrected chi connectivity index (χ3v) is 2.38. The fraction of sp³-hybridized carbons (Fsp3) is 0.889. The molecule has 1 aliphatic rings. The summed E-state index contributed by atoms with van der Waals surface area (Å²) in [6.07, 6.45) is 4.00. The molecule has 0 saturated carbocycles. The Morgan fingerprint density at radius 1 is 1.55 bits per heavy atom. The van der Waals surface area contributed by atoms with Crippen LogP contribution < -0.4 is 0 Å². The van der Waals surface area contributed by atoms with Crippen LogP contribution in [0.3, 0.4) is 0 Å². The van der Waals surface area contributed by atoms with E-state index in [9.17, 15) is 0 Å². The molecule has 1 fully saturated rings. The van der Waals surface area contributed by atoms with Crippen molar-refractivity contribution >= 4 is 5.71 Å². The minimum Gasteiger partial charge on any atom is -0.309 e. The quantitative estimate of drug-likeness (QED) is 0.604. The molecular weight excluding hydrogens is 136 g/mol. The van der Waals surface area contributed by atoms with Gasteiger partial charge in [0.1, 0.15) is 0 Å². The summed E-state index contributed by atoms with van der Waals surface area (Å²) in [6, 6.07) is 0.698. The lowest BCUT2D eigenvalue weighted by Gasteiger charge is -2.32. The zero-order valence-corrected chi connectivity index (χ0v) is 7.56. The molecule has 0 aromatic rings. The van der Waals surface area contributed by atoms with Crippen LogP contribution in [0.2, 0.25) is 0 Å². The van der Waals surface area contributed by atoms with Gasteiger partial charge in [-0.2, -0.15) is 0 Å².